The molecule has 2 N–H and O–H groups in total. The molecule has 3 nitrogen and oxygen atoms in total. The Hall–Kier alpha value is -1.22. The van der Waals surface area contributed by atoms with Crippen molar-refractivity contribution in [2.75, 3.05) is 0 Å². The van der Waals surface area contributed by atoms with Crippen LogP contribution < -0.4 is 10.5 Å². The second-order valence-corrected chi connectivity index (χ2v) is 3.58. The Labute approximate surface area is 87.8 Å². The number of nitrogens with two attached hydrogens (primary N) is 1. The molecular weight excluding hydrogens is 202 g/mol. The highest BCUT2D eigenvalue weighted by Gasteiger charge is 2.07. The van der Waals surface area contributed by atoms with Gasteiger partial charge in [0.15, 0.2) is 0 Å². The van der Waals surface area contributed by atoms with Crippen molar-refractivity contribution in [2.45, 2.75) is 20.0 Å². The molecule has 0 heterocycles. The maximum atomic E-state index is 10.9. The monoisotopic (exact) mass is 213 g/mol. The summed E-state index contributed by atoms with van der Waals surface area (Å²) < 4.78 is 5.39. The van der Waals surface area contributed by atoms with Gasteiger partial charge in [0, 0.05) is 0 Å². The summed E-state index contributed by atoms with van der Waals surface area (Å²) in [5.74, 6) is 0.0982. The third kappa shape index (κ3) is 2.64. The lowest BCUT2D eigenvalue weighted by atomic mass is 10.2. The predicted octanol–water partition coefficient (Wildman–Crippen LogP) is 2.23. The van der Waals surface area contributed by atoms with E-state index in [0.29, 0.717) is 16.3 Å². The molecule has 0 saturated heterocycles. The van der Waals surface area contributed by atoms with Gasteiger partial charge in [-0.2, -0.15) is 0 Å². The van der Waals surface area contributed by atoms with E-state index in [1.54, 1.807) is 18.2 Å². The van der Waals surface area contributed by atoms with Crippen LogP contribution in [0.2, 0.25) is 5.02 Å². The van der Waals surface area contributed by atoms with Gasteiger partial charge in [0.25, 0.3) is 0 Å². The number of hydrogen-bond donors (Lipinski definition) is 1. The Morgan fingerprint density at radius 1 is 1.50 bits per heavy atom. The van der Waals surface area contributed by atoms with E-state index in [1.807, 2.05) is 13.8 Å². The number of benzene rings is 1. The van der Waals surface area contributed by atoms with Gasteiger partial charge in [0.05, 0.1) is 16.7 Å². The van der Waals surface area contributed by atoms with Gasteiger partial charge in [0.2, 0.25) is 5.91 Å². The Balaban J connectivity index is 2.94. The average molecular weight is 214 g/mol. The largest absolute Gasteiger partial charge is 0.491 e. The van der Waals surface area contributed by atoms with Gasteiger partial charge in [-0.25, -0.2) is 0 Å². The third-order valence-corrected chi connectivity index (χ3v) is 1.89. The lowest BCUT2D eigenvalue weighted by Gasteiger charge is -2.10. The number of hydrogen-bond acceptors (Lipinski definition) is 2. The number of halogens is 1. The van der Waals surface area contributed by atoms with Crippen molar-refractivity contribution in [3.05, 3.63) is 28.8 Å². The Morgan fingerprint density at radius 2 is 2.14 bits per heavy atom. The minimum Gasteiger partial charge on any atom is -0.491 e. The van der Waals surface area contributed by atoms with E-state index in [-0.39, 0.29) is 6.10 Å². The first-order valence-electron chi connectivity index (χ1n) is 4.26. The summed E-state index contributed by atoms with van der Waals surface area (Å²) in [6, 6.07) is 4.82. The molecule has 14 heavy (non-hydrogen) atoms. The van der Waals surface area contributed by atoms with E-state index in [4.69, 9.17) is 22.1 Å². The van der Waals surface area contributed by atoms with Crippen molar-refractivity contribution in [1.29, 1.82) is 0 Å². The van der Waals surface area contributed by atoms with E-state index in [2.05, 4.69) is 0 Å². The van der Waals surface area contributed by atoms with Crippen LogP contribution in [0.1, 0.15) is 24.2 Å². The van der Waals surface area contributed by atoms with Gasteiger partial charge >= 0.3 is 0 Å². The molecule has 0 unspecified atom stereocenters. The van der Waals surface area contributed by atoms with Gasteiger partial charge < -0.3 is 10.5 Å². The first-order valence-corrected chi connectivity index (χ1v) is 4.64. The third-order valence-electron chi connectivity index (χ3n) is 1.58. The SMILES string of the molecule is CC(C)Oc1ccc(C(N)=O)c(Cl)c1. The zero-order valence-electron chi connectivity index (χ0n) is 8.08. The molecule has 1 aromatic carbocycles. The van der Waals surface area contributed by atoms with Crippen molar-refractivity contribution in [3.8, 4) is 5.75 Å². The summed E-state index contributed by atoms with van der Waals surface area (Å²) in [6.07, 6.45) is 0.0745. The second-order valence-electron chi connectivity index (χ2n) is 3.17. The van der Waals surface area contributed by atoms with Crippen LogP contribution in [-0.4, -0.2) is 12.0 Å². The lowest BCUT2D eigenvalue weighted by molar-refractivity contribution is 0.100. The first kappa shape index (κ1) is 10.9. The summed E-state index contributed by atoms with van der Waals surface area (Å²) in [7, 11) is 0. The summed E-state index contributed by atoms with van der Waals surface area (Å²) in [4.78, 5) is 10.9. The molecule has 0 aliphatic rings. The summed E-state index contributed by atoms with van der Waals surface area (Å²) in [5, 5.41) is 0.315. The molecule has 76 valence electrons. The molecule has 0 aliphatic heterocycles. The number of primary amides is 1. The minimum atomic E-state index is -0.536. The fourth-order valence-corrected chi connectivity index (χ4v) is 1.30. The molecule has 0 atom stereocenters. The number of carbonyl (C=O) groups excluding carboxylic acids is 1. The smallest absolute Gasteiger partial charge is 0.250 e. The van der Waals surface area contributed by atoms with Crippen LogP contribution in [0.15, 0.2) is 18.2 Å². The summed E-state index contributed by atoms with van der Waals surface area (Å²) in [6.45, 7) is 3.83. The van der Waals surface area contributed by atoms with Crippen LogP contribution >= 0.6 is 11.6 Å². The van der Waals surface area contributed by atoms with Gasteiger partial charge in [0.1, 0.15) is 5.75 Å². The Bertz CT molecular complexity index is 350. The Morgan fingerprint density at radius 3 is 2.57 bits per heavy atom. The number of carbonyl (C=O) groups is 1. The van der Waals surface area contributed by atoms with E-state index in [9.17, 15) is 4.79 Å². The molecule has 4 heteroatoms. The zero-order valence-corrected chi connectivity index (χ0v) is 8.84. The molecule has 0 aliphatic carbocycles. The highest BCUT2D eigenvalue weighted by atomic mass is 35.5. The van der Waals surface area contributed by atoms with E-state index >= 15 is 0 Å². The summed E-state index contributed by atoms with van der Waals surface area (Å²) >= 11 is 5.83. The molecule has 0 bridgehead atoms. The summed E-state index contributed by atoms with van der Waals surface area (Å²) in [5.41, 5.74) is 5.41. The van der Waals surface area contributed by atoms with Crippen molar-refractivity contribution in [1.82, 2.24) is 0 Å². The van der Waals surface area contributed by atoms with Crippen LogP contribution in [0.25, 0.3) is 0 Å². The maximum absolute atomic E-state index is 10.9. The molecule has 1 rings (SSSR count). The van der Waals surface area contributed by atoms with Crippen LogP contribution in [0.5, 0.6) is 5.75 Å². The number of ether oxygens (including phenoxy) is 1. The van der Waals surface area contributed by atoms with Crippen LogP contribution in [0, 0.1) is 0 Å². The molecule has 1 amide bonds. The number of rotatable bonds is 3. The van der Waals surface area contributed by atoms with Gasteiger partial charge in [-0.15, -0.1) is 0 Å². The quantitative estimate of drug-likeness (QED) is 0.837. The minimum absolute atomic E-state index is 0.0745. The predicted molar refractivity (Wildman–Crippen MR) is 55.7 cm³/mol. The molecule has 0 saturated carbocycles. The van der Waals surface area contributed by atoms with Crippen molar-refractivity contribution < 1.29 is 9.53 Å². The molecular formula is C10H12ClNO2. The maximum Gasteiger partial charge on any atom is 0.250 e. The van der Waals surface area contributed by atoms with Gasteiger partial charge in [-0.1, -0.05) is 11.6 Å². The lowest BCUT2D eigenvalue weighted by Crippen LogP contribution is -2.12. The topological polar surface area (TPSA) is 52.3 Å². The molecule has 0 radical (unpaired) electrons. The number of amides is 1. The van der Waals surface area contributed by atoms with Crippen molar-refractivity contribution >= 4 is 17.5 Å². The van der Waals surface area contributed by atoms with Crippen molar-refractivity contribution in [3.63, 3.8) is 0 Å². The van der Waals surface area contributed by atoms with Crippen LogP contribution in [0.4, 0.5) is 0 Å². The van der Waals surface area contributed by atoms with Crippen molar-refractivity contribution in [2.24, 2.45) is 5.73 Å². The molecule has 0 fully saturated rings. The van der Waals surface area contributed by atoms with E-state index in [0.717, 1.165) is 0 Å². The van der Waals surface area contributed by atoms with E-state index < -0.39 is 5.91 Å². The molecule has 1 aromatic rings. The van der Waals surface area contributed by atoms with Crippen LogP contribution in [0.3, 0.4) is 0 Å². The average Bonchev–Trinajstić information content (AvgIpc) is 2.01. The standard InChI is InChI=1S/C10H12ClNO2/c1-6(2)14-7-3-4-8(10(12)13)9(11)5-7/h3-6H,1-2H3,(H2,12,13). The fraction of sp³-hybridized carbons (Fsp3) is 0.300. The van der Waals surface area contributed by atoms with Gasteiger partial charge in [-0.05, 0) is 32.0 Å². The molecule has 0 aromatic heterocycles. The van der Waals surface area contributed by atoms with E-state index in [1.165, 1.54) is 0 Å². The zero-order chi connectivity index (χ0) is 10.7. The first-order chi connectivity index (χ1) is 6.50. The highest BCUT2D eigenvalue weighted by Crippen LogP contribution is 2.22. The fourth-order valence-electron chi connectivity index (χ4n) is 1.04. The second kappa shape index (κ2) is 4.33. The molecule has 0 spiro atoms. The highest BCUT2D eigenvalue weighted by molar-refractivity contribution is 6.33. The van der Waals surface area contributed by atoms with Crippen LogP contribution in [-0.2, 0) is 0 Å². The van der Waals surface area contributed by atoms with Gasteiger partial charge in [-0.3, -0.25) is 4.79 Å². The Kier molecular flexibility index (Phi) is 3.36. The normalized spacial score (nSPS) is 10.3.